The molecule has 1 N–H and O–H groups in total. The van der Waals surface area contributed by atoms with E-state index in [1.54, 1.807) is 18.2 Å². The van der Waals surface area contributed by atoms with Crippen LogP contribution in [0.5, 0.6) is 11.5 Å². The first-order valence-electron chi connectivity index (χ1n) is 6.51. The number of anilines is 1. The lowest BCUT2D eigenvalue weighted by Gasteiger charge is -2.18. The van der Waals surface area contributed by atoms with E-state index in [9.17, 15) is 9.59 Å². The average Bonchev–Trinajstić information content (AvgIpc) is 2.49. The van der Waals surface area contributed by atoms with Crippen molar-refractivity contribution in [3.8, 4) is 11.5 Å². The molecular formula is C16H12BrNO3. The van der Waals surface area contributed by atoms with Crippen molar-refractivity contribution in [3.05, 3.63) is 52.0 Å². The molecule has 3 rings (SSSR count). The van der Waals surface area contributed by atoms with Gasteiger partial charge in [0.1, 0.15) is 17.8 Å². The summed E-state index contributed by atoms with van der Waals surface area (Å²) in [6.07, 6.45) is 1.99. The van der Waals surface area contributed by atoms with Crippen LogP contribution in [0.25, 0.3) is 0 Å². The Kier molecular flexibility index (Phi) is 3.75. The zero-order valence-electron chi connectivity index (χ0n) is 11.1. The van der Waals surface area contributed by atoms with Crippen LogP contribution in [0.1, 0.15) is 22.3 Å². The molecule has 5 heteroatoms. The van der Waals surface area contributed by atoms with Gasteiger partial charge in [-0.25, -0.2) is 0 Å². The van der Waals surface area contributed by atoms with Gasteiger partial charge in [0.05, 0.1) is 4.47 Å². The topological polar surface area (TPSA) is 55.4 Å². The predicted octanol–water partition coefficient (Wildman–Crippen LogP) is 3.94. The molecule has 0 aliphatic carbocycles. The summed E-state index contributed by atoms with van der Waals surface area (Å²) in [7, 11) is 0. The number of rotatable bonds is 3. The number of carbonyl (C=O) groups is 2. The van der Waals surface area contributed by atoms with E-state index in [-0.39, 0.29) is 5.91 Å². The van der Waals surface area contributed by atoms with E-state index in [2.05, 4.69) is 21.2 Å². The third-order valence-corrected chi connectivity index (χ3v) is 3.91. The van der Waals surface area contributed by atoms with Gasteiger partial charge in [0.2, 0.25) is 5.91 Å². The van der Waals surface area contributed by atoms with E-state index >= 15 is 0 Å². The number of hydrogen-bond acceptors (Lipinski definition) is 3. The zero-order valence-corrected chi connectivity index (χ0v) is 12.6. The maximum atomic E-state index is 11.3. The van der Waals surface area contributed by atoms with Crippen molar-refractivity contribution in [2.45, 2.75) is 12.8 Å². The highest BCUT2D eigenvalue weighted by Gasteiger charge is 2.15. The number of benzene rings is 2. The SMILES string of the molecule is O=Cc1ccc(Oc2ccc3c(c2)CCC(=O)N3)c(Br)c1. The predicted molar refractivity (Wildman–Crippen MR) is 83.0 cm³/mol. The van der Waals surface area contributed by atoms with Crippen LogP contribution in [0.15, 0.2) is 40.9 Å². The Labute approximate surface area is 130 Å². The molecule has 1 heterocycles. The summed E-state index contributed by atoms with van der Waals surface area (Å²) in [4.78, 5) is 22.0. The van der Waals surface area contributed by atoms with Crippen molar-refractivity contribution in [2.24, 2.45) is 0 Å². The molecule has 0 unspecified atom stereocenters. The summed E-state index contributed by atoms with van der Waals surface area (Å²) >= 11 is 3.39. The lowest BCUT2D eigenvalue weighted by atomic mass is 10.0. The quantitative estimate of drug-likeness (QED) is 0.857. The molecule has 4 nitrogen and oxygen atoms in total. The Balaban J connectivity index is 1.85. The molecule has 1 aliphatic heterocycles. The first-order valence-corrected chi connectivity index (χ1v) is 7.30. The fourth-order valence-corrected chi connectivity index (χ4v) is 2.70. The number of ether oxygens (including phenoxy) is 1. The van der Waals surface area contributed by atoms with Gasteiger partial charge in [0.15, 0.2) is 0 Å². The smallest absolute Gasteiger partial charge is 0.224 e. The van der Waals surface area contributed by atoms with Gasteiger partial charge >= 0.3 is 0 Å². The Hall–Kier alpha value is -2.14. The molecule has 0 spiro atoms. The standard InChI is InChI=1S/C16H12BrNO3/c17-13-7-10(9-19)1-5-15(13)21-12-3-4-14-11(8-12)2-6-16(20)18-14/h1,3-5,7-9H,2,6H2,(H,18,20). The number of amides is 1. The molecule has 0 fully saturated rings. The number of aryl methyl sites for hydroxylation is 1. The molecule has 0 atom stereocenters. The minimum Gasteiger partial charge on any atom is -0.456 e. The molecule has 2 aromatic carbocycles. The van der Waals surface area contributed by atoms with Crippen molar-refractivity contribution in [1.82, 2.24) is 0 Å². The van der Waals surface area contributed by atoms with Crippen molar-refractivity contribution >= 4 is 33.8 Å². The van der Waals surface area contributed by atoms with Gasteiger partial charge in [-0.15, -0.1) is 0 Å². The van der Waals surface area contributed by atoms with Crippen molar-refractivity contribution in [3.63, 3.8) is 0 Å². The first-order chi connectivity index (χ1) is 10.2. The Bertz CT molecular complexity index is 727. The summed E-state index contributed by atoms with van der Waals surface area (Å²) in [6.45, 7) is 0. The van der Waals surface area contributed by atoms with Crippen LogP contribution in [0.2, 0.25) is 0 Å². The van der Waals surface area contributed by atoms with E-state index in [0.717, 1.165) is 22.0 Å². The van der Waals surface area contributed by atoms with Crippen LogP contribution in [0, 0.1) is 0 Å². The van der Waals surface area contributed by atoms with E-state index in [1.807, 2.05) is 18.2 Å². The fraction of sp³-hybridized carbons (Fsp3) is 0.125. The van der Waals surface area contributed by atoms with Crippen LogP contribution < -0.4 is 10.1 Å². The highest BCUT2D eigenvalue weighted by atomic mass is 79.9. The lowest BCUT2D eigenvalue weighted by molar-refractivity contribution is -0.116. The normalized spacial score (nSPS) is 13.3. The van der Waals surface area contributed by atoms with Gasteiger partial charge in [-0.1, -0.05) is 0 Å². The molecule has 1 aliphatic rings. The zero-order chi connectivity index (χ0) is 14.8. The second-order valence-corrected chi connectivity index (χ2v) is 5.63. The molecular weight excluding hydrogens is 334 g/mol. The molecule has 0 saturated carbocycles. The number of aldehydes is 1. The second-order valence-electron chi connectivity index (χ2n) is 4.78. The van der Waals surface area contributed by atoms with Crippen LogP contribution in [-0.2, 0) is 11.2 Å². The first kappa shape index (κ1) is 13.8. The summed E-state index contributed by atoms with van der Waals surface area (Å²) < 4.78 is 6.55. The Morgan fingerprint density at radius 3 is 2.76 bits per heavy atom. The maximum absolute atomic E-state index is 11.3. The van der Waals surface area contributed by atoms with Crippen molar-refractivity contribution in [2.75, 3.05) is 5.32 Å². The molecule has 0 radical (unpaired) electrons. The minimum atomic E-state index is 0.0448. The number of nitrogens with one attached hydrogen (secondary N) is 1. The Morgan fingerprint density at radius 1 is 1.14 bits per heavy atom. The number of carbonyl (C=O) groups excluding carboxylic acids is 2. The van der Waals surface area contributed by atoms with E-state index in [0.29, 0.717) is 29.9 Å². The third-order valence-electron chi connectivity index (χ3n) is 3.29. The second kappa shape index (κ2) is 5.69. The highest BCUT2D eigenvalue weighted by molar-refractivity contribution is 9.10. The van der Waals surface area contributed by atoms with Gasteiger partial charge < -0.3 is 10.1 Å². The van der Waals surface area contributed by atoms with Gasteiger partial charge in [-0.3, -0.25) is 9.59 Å². The third kappa shape index (κ3) is 2.97. The maximum Gasteiger partial charge on any atom is 0.224 e. The molecule has 0 saturated heterocycles. The lowest BCUT2D eigenvalue weighted by Crippen LogP contribution is -2.18. The Morgan fingerprint density at radius 2 is 2.00 bits per heavy atom. The number of halogens is 1. The molecule has 0 bridgehead atoms. The summed E-state index contributed by atoms with van der Waals surface area (Å²) in [6, 6.07) is 10.7. The highest BCUT2D eigenvalue weighted by Crippen LogP contribution is 2.33. The fourth-order valence-electron chi connectivity index (χ4n) is 2.22. The molecule has 2 aromatic rings. The molecule has 106 valence electrons. The van der Waals surface area contributed by atoms with Crippen LogP contribution >= 0.6 is 15.9 Å². The molecule has 1 amide bonds. The van der Waals surface area contributed by atoms with Crippen LogP contribution in [0.3, 0.4) is 0 Å². The van der Waals surface area contributed by atoms with Gasteiger partial charge in [0, 0.05) is 17.7 Å². The number of hydrogen-bond donors (Lipinski definition) is 1. The number of fused-ring (bicyclic) bond motifs is 1. The molecule has 0 aromatic heterocycles. The van der Waals surface area contributed by atoms with Crippen LogP contribution in [-0.4, -0.2) is 12.2 Å². The van der Waals surface area contributed by atoms with Gasteiger partial charge in [-0.05, 0) is 64.3 Å². The molecule has 21 heavy (non-hydrogen) atoms. The average molecular weight is 346 g/mol. The van der Waals surface area contributed by atoms with Crippen LogP contribution in [0.4, 0.5) is 5.69 Å². The van der Waals surface area contributed by atoms with E-state index in [4.69, 9.17) is 4.74 Å². The summed E-state index contributed by atoms with van der Waals surface area (Å²) in [5.41, 5.74) is 2.49. The van der Waals surface area contributed by atoms with Crippen molar-refractivity contribution in [1.29, 1.82) is 0 Å². The monoisotopic (exact) mass is 345 g/mol. The summed E-state index contributed by atoms with van der Waals surface area (Å²) in [5, 5.41) is 2.83. The van der Waals surface area contributed by atoms with Gasteiger partial charge in [0.25, 0.3) is 0 Å². The minimum absolute atomic E-state index is 0.0448. The largest absolute Gasteiger partial charge is 0.456 e. The van der Waals surface area contributed by atoms with E-state index in [1.165, 1.54) is 0 Å². The van der Waals surface area contributed by atoms with Crippen molar-refractivity contribution < 1.29 is 14.3 Å². The van der Waals surface area contributed by atoms with Gasteiger partial charge in [-0.2, -0.15) is 0 Å². The van der Waals surface area contributed by atoms with E-state index < -0.39 is 0 Å². The summed E-state index contributed by atoms with van der Waals surface area (Å²) in [5.74, 6) is 1.38.